The first-order valence-electron chi connectivity index (χ1n) is 7.21. The van der Waals surface area contributed by atoms with E-state index in [1.165, 1.54) is 17.8 Å². The Kier molecular flexibility index (Phi) is 5.12. The Bertz CT molecular complexity index is 684. The summed E-state index contributed by atoms with van der Waals surface area (Å²) < 4.78 is 0. The molecule has 5 heteroatoms. The predicted octanol–water partition coefficient (Wildman–Crippen LogP) is 2.12. The molecule has 0 saturated carbocycles. The molecule has 2 rings (SSSR count). The van der Waals surface area contributed by atoms with Crippen molar-refractivity contribution in [3.8, 4) is 0 Å². The van der Waals surface area contributed by atoms with Gasteiger partial charge in [-0.1, -0.05) is 36.4 Å². The number of benzene rings is 2. The summed E-state index contributed by atoms with van der Waals surface area (Å²) in [7, 11) is 3.34. The van der Waals surface area contributed by atoms with Crippen LogP contribution in [0.5, 0.6) is 0 Å². The SMILES string of the molecule is CNC(=O)NC(=O)C(C)N(C)Cc1ccc2ccccc2c1. The maximum Gasteiger partial charge on any atom is 0.321 e. The normalized spacial score (nSPS) is 12.2. The van der Waals surface area contributed by atoms with Crippen LogP contribution in [0.4, 0.5) is 4.79 Å². The van der Waals surface area contributed by atoms with Crippen molar-refractivity contribution >= 4 is 22.7 Å². The van der Waals surface area contributed by atoms with E-state index < -0.39 is 12.1 Å². The lowest BCUT2D eigenvalue weighted by Gasteiger charge is -2.23. The lowest BCUT2D eigenvalue weighted by molar-refractivity contribution is -0.124. The molecule has 22 heavy (non-hydrogen) atoms. The van der Waals surface area contributed by atoms with Crippen LogP contribution in [0.2, 0.25) is 0 Å². The number of imide groups is 1. The second-order valence-corrected chi connectivity index (χ2v) is 5.34. The van der Waals surface area contributed by atoms with Gasteiger partial charge in [0.1, 0.15) is 0 Å². The number of urea groups is 1. The van der Waals surface area contributed by atoms with Crippen LogP contribution >= 0.6 is 0 Å². The molecule has 2 aromatic rings. The number of hydrogen-bond acceptors (Lipinski definition) is 3. The summed E-state index contributed by atoms with van der Waals surface area (Å²) in [5.74, 6) is -0.317. The average molecular weight is 299 g/mol. The van der Waals surface area contributed by atoms with Crippen LogP contribution in [0.1, 0.15) is 12.5 Å². The predicted molar refractivity (Wildman–Crippen MR) is 87.5 cm³/mol. The summed E-state index contributed by atoms with van der Waals surface area (Å²) in [6.45, 7) is 2.41. The number of rotatable bonds is 4. The van der Waals surface area contributed by atoms with Crippen molar-refractivity contribution in [1.29, 1.82) is 0 Å². The van der Waals surface area contributed by atoms with Crippen molar-refractivity contribution in [2.24, 2.45) is 0 Å². The van der Waals surface area contributed by atoms with Crippen LogP contribution in [0.25, 0.3) is 10.8 Å². The molecule has 0 saturated heterocycles. The summed E-state index contributed by atoms with van der Waals surface area (Å²) in [6, 6.07) is 13.5. The van der Waals surface area contributed by atoms with Crippen molar-refractivity contribution < 1.29 is 9.59 Å². The van der Waals surface area contributed by atoms with E-state index in [0.29, 0.717) is 6.54 Å². The number of nitrogens with one attached hydrogen (secondary N) is 2. The molecule has 1 unspecified atom stereocenters. The number of nitrogens with zero attached hydrogens (tertiary/aromatic N) is 1. The van der Waals surface area contributed by atoms with Crippen molar-refractivity contribution in [3.05, 3.63) is 48.0 Å². The van der Waals surface area contributed by atoms with Gasteiger partial charge in [-0.05, 0) is 36.4 Å². The van der Waals surface area contributed by atoms with E-state index in [9.17, 15) is 9.59 Å². The van der Waals surface area contributed by atoms with Gasteiger partial charge in [-0.3, -0.25) is 15.0 Å². The van der Waals surface area contributed by atoms with Gasteiger partial charge in [-0.2, -0.15) is 0 Å². The third kappa shape index (κ3) is 3.83. The maximum atomic E-state index is 11.9. The third-order valence-corrected chi connectivity index (χ3v) is 3.75. The Morgan fingerprint density at radius 3 is 2.50 bits per heavy atom. The summed E-state index contributed by atoms with van der Waals surface area (Å²) >= 11 is 0. The Balaban J connectivity index is 2.04. The van der Waals surface area contributed by atoms with Crippen LogP contribution in [0, 0.1) is 0 Å². The zero-order valence-electron chi connectivity index (χ0n) is 13.1. The van der Waals surface area contributed by atoms with Crippen LogP contribution in [0.3, 0.4) is 0 Å². The first-order chi connectivity index (χ1) is 10.5. The lowest BCUT2D eigenvalue weighted by atomic mass is 10.1. The molecule has 2 N–H and O–H groups in total. The van der Waals surface area contributed by atoms with Gasteiger partial charge in [-0.15, -0.1) is 0 Å². The summed E-state index contributed by atoms with van der Waals surface area (Å²) in [5.41, 5.74) is 1.13. The molecule has 0 aliphatic rings. The summed E-state index contributed by atoms with van der Waals surface area (Å²) in [6.07, 6.45) is 0. The molecule has 116 valence electrons. The molecular weight excluding hydrogens is 278 g/mol. The molecule has 0 heterocycles. The number of hydrogen-bond donors (Lipinski definition) is 2. The van der Waals surface area contributed by atoms with Crippen molar-refractivity contribution in [3.63, 3.8) is 0 Å². The highest BCUT2D eigenvalue weighted by molar-refractivity contribution is 5.96. The average Bonchev–Trinajstić information content (AvgIpc) is 2.53. The number of fused-ring (bicyclic) bond motifs is 1. The van der Waals surface area contributed by atoms with Crippen molar-refractivity contribution in [1.82, 2.24) is 15.5 Å². The third-order valence-electron chi connectivity index (χ3n) is 3.75. The minimum atomic E-state index is -0.490. The second-order valence-electron chi connectivity index (χ2n) is 5.34. The monoisotopic (exact) mass is 299 g/mol. The zero-order chi connectivity index (χ0) is 16.1. The van der Waals surface area contributed by atoms with E-state index >= 15 is 0 Å². The van der Waals surface area contributed by atoms with Gasteiger partial charge in [-0.25, -0.2) is 4.79 Å². The quantitative estimate of drug-likeness (QED) is 0.909. The Hall–Kier alpha value is -2.40. The second kappa shape index (κ2) is 7.04. The van der Waals surface area contributed by atoms with E-state index in [0.717, 1.165) is 5.56 Å². The molecule has 1 atom stereocenters. The number of likely N-dealkylation sites (N-methyl/N-ethyl adjacent to an activating group) is 1. The number of amides is 3. The first-order valence-corrected chi connectivity index (χ1v) is 7.21. The van der Waals surface area contributed by atoms with Gasteiger partial charge in [0, 0.05) is 13.6 Å². The van der Waals surface area contributed by atoms with E-state index in [2.05, 4.69) is 41.0 Å². The summed E-state index contributed by atoms with van der Waals surface area (Å²) in [5, 5.41) is 7.04. The van der Waals surface area contributed by atoms with Gasteiger partial charge in [0.15, 0.2) is 0 Å². The number of carbonyl (C=O) groups is 2. The Morgan fingerprint density at radius 1 is 1.14 bits per heavy atom. The molecule has 0 aliphatic heterocycles. The van der Waals surface area contributed by atoms with E-state index in [1.54, 1.807) is 6.92 Å². The topological polar surface area (TPSA) is 61.4 Å². The van der Waals surface area contributed by atoms with E-state index in [4.69, 9.17) is 0 Å². The fourth-order valence-corrected chi connectivity index (χ4v) is 2.24. The molecule has 0 bridgehead atoms. The van der Waals surface area contributed by atoms with Crippen LogP contribution < -0.4 is 10.6 Å². The van der Waals surface area contributed by atoms with Crippen LogP contribution in [0.15, 0.2) is 42.5 Å². The highest BCUT2D eigenvalue weighted by atomic mass is 16.2. The lowest BCUT2D eigenvalue weighted by Crippen LogP contribution is -2.47. The van der Waals surface area contributed by atoms with Crippen LogP contribution in [-0.2, 0) is 11.3 Å². The fraction of sp³-hybridized carbons (Fsp3) is 0.294. The van der Waals surface area contributed by atoms with Gasteiger partial charge < -0.3 is 5.32 Å². The Labute approximate surface area is 130 Å². The van der Waals surface area contributed by atoms with Crippen molar-refractivity contribution in [2.75, 3.05) is 14.1 Å². The first kappa shape index (κ1) is 16.0. The molecule has 0 aromatic heterocycles. The molecule has 2 aromatic carbocycles. The zero-order valence-corrected chi connectivity index (χ0v) is 13.1. The minimum Gasteiger partial charge on any atom is -0.341 e. The van der Waals surface area contributed by atoms with Crippen molar-refractivity contribution in [2.45, 2.75) is 19.5 Å². The molecule has 0 spiro atoms. The fourth-order valence-electron chi connectivity index (χ4n) is 2.24. The maximum absolute atomic E-state index is 11.9. The summed E-state index contributed by atoms with van der Waals surface area (Å²) in [4.78, 5) is 25.0. The minimum absolute atomic E-state index is 0.317. The van der Waals surface area contributed by atoms with E-state index in [-0.39, 0.29) is 5.91 Å². The molecular formula is C17H21N3O2. The van der Waals surface area contributed by atoms with Gasteiger partial charge in [0.25, 0.3) is 0 Å². The molecule has 0 aliphatic carbocycles. The molecule has 0 radical (unpaired) electrons. The van der Waals surface area contributed by atoms with Gasteiger partial charge in [0.2, 0.25) is 5.91 Å². The van der Waals surface area contributed by atoms with Crippen LogP contribution in [-0.4, -0.2) is 37.0 Å². The largest absolute Gasteiger partial charge is 0.341 e. The van der Waals surface area contributed by atoms with Gasteiger partial charge in [0.05, 0.1) is 6.04 Å². The highest BCUT2D eigenvalue weighted by Gasteiger charge is 2.19. The smallest absolute Gasteiger partial charge is 0.321 e. The highest BCUT2D eigenvalue weighted by Crippen LogP contribution is 2.17. The van der Waals surface area contributed by atoms with E-state index in [1.807, 2.05) is 24.1 Å². The molecule has 5 nitrogen and oxygen atoms in total. The molecule has 3 amide bonds. The molecule has 0 fully saturated rings. The number of carbonyl (C=O) groups excluding carboxylic acids is 2. The van der Waals surface area contributed by atoms with Gasteiger partial charge >= 0.3 is 6.03 Å². The standard InChI is InChI=1S/C17H21N3O2/c1-12(16(21)19-17(22)18-2)20(3)11-13-8-9-14-6-4-5-7-15(14)10-13/h4-10,12H,11H2,1-3H3,(H2,18,19,21,22). The Morgan fingerprint density at radius 2 is 1.82 bits per heavy atom.